The van der Waals surface area contributed by atoms with Crippen LogP contribution in [-0.2, 0) is 21.4 Å². The molecule has 3 N–H and O–H groups in total. The molecule has 2 aromatic carbocycles. The number of sulfonamides is 1. The van der Waals surface area contributed by atoms with Crippen molar-refractivity contribution < 1.29 is 13.2 Å². The summed E-state index contributed by atoms with van der Waals surface area (Å²) in [5, 5.41) is 8.16. The monoisotopic (exact) mass is 399 g/mol. The van der Waals surface area contributed by atoms with E-state index in [1.54, 1.807) is 12.1 Å². The highest BCUT2D eigenvalue weighted by Gasteiger charge is 2.46. The van der Waals surface area contributed by atoms with Crippen LogP contribution in [0.4, 0.5) is 0 Å². The van der Waals surface area contributed by atoms with Gasteiger partial charge in [-0.25, -0.2) is 13.6 Å². The van der Waals surface area contributed by atoms with Gasteiger partial charge >= 0.3 is 0 Å². The average molecular weight is 400 g/mol. The summed E-state index contributed by atoms with van der Waals surface area (Å²) in [6, 6.07) is 17.3. The minimum Gasteiger partial charge on any atom is -0.352 e. The Bertz CT molecular complexity index is 945. The van der Waals surface area contributed by atoms with Crippen LogP contribution in [0.15, 0.2) is 59.5 Å². The molecule has 2 aliphatic rings. The number of carbonyl (C=O) groups excluding carboxylic acids is 1. The molecule has 6 nitrogen and oxygen atoms in total. The summed E-state index contributed by atoms with van der Waals surface area (Å²) in [5.41, 5.74) is 2.13. The van der Waals surface area contributed by atoms with Crippen molar-refractivity contribution in [3.05, 3.63) is 65.7 Å². The number of fused-ring (bicyclic) bond motifs is 1. The minimum absolute atomic E-state index is 0.0172. The van der Waals surface area contributed by atoms with Crippen LogP contribution in [-0.4, -0.2) is 31.8 Å². The normalized spacial score (nSPS) is 24.8. The molecule has 0 saturated carbocycles. The zero-order valence-corrected chi connectivity index (χ0v) is 16.4. The van der Waals surface area contributed by atoms with E-state index >= 15 is 0 Å². The van der Waals surface area contributed by atoms with E-state index < -0.39 is 10.0 Å². The van der Waals surface area contributed by atoms with Crippen molar-refractivity contribution in [3.63, 3.8) is 0 Å². The summed E-state index contributed by atoms with van der Waals surface area (Å²) in [4.78, 5) is 15.5. The van der Waals surface area contributed by atoms with E-state index in [0.717, 1.165) is 31.4 Å². The second-order valence-corrected chi connectivity index (χ2v) is 9.18. The van der Waals surface area contributed by atoms with Gasteiger partial charge in [0.25, 0.3) is 0 Å². The molecule has 0 bridgehead atoms. The molecule has 4 rings (SSSR count). The third kappa shape index (κ3) is 3.83. The van der Waals surface area contributed by atoms with Gasteiger partial charge in [-0.2, -0.15) is 0 Å². The molecule has 0 radical (unpaired) electrons. The first-order chi connectivity index (χ1) is 13.4. The van der Waals surface area contributed by atoms with Gasteiger partial charge in [-0.3, -0.25) is 9.69 Å². The summed E-state index contributed by atoms with van der Waals surface area (Å²) in [6.45, 7) is 1.42. The van der Waals surface area contributed by atoms with Crippen molar-refractivity contribution in [1.82, 2.24) is 10.2 Å². The topological polar surface area (TPSA) is 92.5 Å². The Kier molecular flexibility index (Phi) is 5.23. The quantitative estimate of drug-likeness (QED) is 0.806. The first-order valence-corrected chi connectivity index (χ1v) is 11.2. The highest BCUT2D eigenvalue weighted by atomic mass is 32.2. The minimum atomic E-state index is -3.70. The molecule has 2 aromatic rings. The lowest BCUT2D eigenvalue weighted by Crippen LogP contribution is -2.37. The first-order valence-electron chi connectivity index (χ1n) is 9.63. The number of amides is 1. The zero-order chi connectivity index (χ0) is 19.7. The second kappa shape index (κ2) is 7.66. The van der Waals surface area contributed by atoms with E-state index in [1.165, 1.54) is 17.7 Å². The molecule has 2 aliphatic heterocycles. The molecule has 0 aromatic heterocycles. The second-order valence-electron chi connectivity index (χ2n) is 7.62. The maximum absolute atomic E-state index is 12.9. The SMILES string of the molecule is NS(=O)(=O)c1ccc(CNC(=O)C2CC(c3ccccc3)N3CCC[C@@H]23)cc1. The van der Waals surface area contributed by atoms with Gasteiger partial charge in [0.05, 0.1) is 10.8 Å². The zero-order valence-electron chi connectivity index (χ0n) is 15.6. The van der Waals surface area contributed by atoms with Crippen molar-refractivity contribution in [2.24, 2.45) is 11.1 Å². The van der Waals surface area contributed by atoms with Crippen molar-refractivity contribution in [3.8, 4) is 0 Å². The van der Waals surface area contributed by atoms with Gasteiger partial charge in [0, 0.05) is 18.6 Å². The van der Waals surface area contributed by atoms with Crippen molar-refractivity contribution in [1.29, 1.82) is 0 Å². The number of rotatable bonds is 5. The third-order valence-corrected chi connectivity index (χ3v) is 6.85. The Hall–Kier alpha value is -2.22. The van der Waals surface area contributed by atoms with Gasteiger partial charge in [0.2, 0.25) is 15.9 Å². The lowest BCUT2D eigenvalue weighted by Gasteiger charge is -2.24. The summed E-state index contributed by atoms with van der Waals surface area (Å²) < 4.78 is 22.7. The van der Waals surface area contributed by atoms with Crippen LogP contribution in [0.1, 0.15) is 36.4 Å². The molecule has 0 spiro atoms. The lowest BCUT2D eigenvalue weighted by atomic mass is 9.93. The highest BCUT2D eigenvalue weighted by molar-refractivity contribution is 7.89. The molecule has 28 heavy (non-hydrogen) atoms. The van der Waals surface area contributed by atoms with Gasteiger partial charge < -0.3 is 5.32 Å². The Morgan fingerprint density at radius 2 is 1.82 bits per heavy atom. The van der Waals surface area contributed by atoms with Gasteiger partial charge in [0.1, 0.15) is 0 Å². The predicted octanol–water partition coefficient (Wildman–Crippen LogP) is 2.18. The Morgan fingerprint density at radius 3 is 2.50 bits per heavy atom. The molecular formula is C21H25N3O3S. The van der Waals surface area contributed by atoms with Crippen LogP contribution < -0.4 is 10.5 Å². The van der Waals surface area contributed by atoms with Crippen molar-refractivity contribution >= 4 is 15.9 Å². The summed E-state index contributed by atoms with van der Waals surface area (Å²) in [6.07, 6.45) is 3.03. The fraction of sp³-hybridized carbons (Fsp3) is 0.381. The number of hydrogen-bond acceptors (Lipinski definition) is 4. The molecular weight excluding hydrogens is 374 g/mol. The highest BCUT2D eigenvalue weighted by Crippen LogP contribution is 2.44. The number of primary sulfonamides is 1. The van der Waals surface area contributed by atoms with Gasteiger partial charge in [-0.1, -0.05) is 42.5 Å². The third-order valence-electron chi connectivity index (χ3n) is 5.92. The molecule has 148 valence electrons. The first kappa shape index (κ1) is 19.1. The molecule has 0 aliphatic carbocycles. The maximum atomic E-state index is 12.9. The van der Waals surface area contributed by atoms with Crippen LogP contribution >= 0.6 is 0 Å². The van der Waals surface area contributed by atoms with E-state index in [9.17, 15) is 13.2 Å². The Balaban J connectivity index is 1.42. The van der Waals surface area contributed by atoms with E-state index in [2.05, 4.69) is 34.5 Å². The van der Waals surface area contributed by atoms with E-state index in [-0.39, 0.29) is 16.7 Å². The van der Waals surface area contributed by atoms with E-state index in [0.29, 0.717) is 18.6 Å². The number of carbonyl (C=O) groups is 1. The van der Waals surface area contributed by atoms with E-state index in [1.807, 2.05) is 6.07 Å². The van der Waals surface area contributed by atoms with Crippen molar-refractivity contribution in [2.45, 2.75) is 42.8 Å². The average Bonchev–Trinajstić information content (AvgIpc) is 3.29. The van der Waals surface area contributed by atoms with Gasteiger partial charge in [0.15, 0.2) is 0 Å². The van der Waals surface area contributed by atoms with Gasteiger partial charge in [-0.05, 0) is 49.1 Å². The molecule has 1 amide bonds. The fourth-order valence-corrected chi connectivity index (χ4v) is 5.08. The number of hydrogen-bond donors (Lipinski definition) is 2. The Labute approximate surface area is 165 Å². The van der Waals surface area contributed by atoms with Gasteiger partial charge in [-0.15, -0.1) is 0 Å². The molecule has 2 fully saturated rings. The predicted molar refractivity (Wildman–Crippen MR) is 107 cm³/mol. The standard InChI is InChI=1S/C21H25N3O3S/c22-28(26,27)17-10-8-15(9-11-17)14-23-21(25)18-13-20(16-5-2-1-3-6-16)24-12-4-7-19(18)24/h1-3,5-6,8-11,18-20H,4,7,12-14H2,(H,23,25)(H2,22,26,27)/t18?,19-,20?/m0/s1. The fourth-order valence-electron chi connectivity index (χ4n) is 4.57. The number of nitrogens with two attached hydrogens (primary N) is 1. The summed E-state index contributed by atoms with van der Waals surface area (Å²) >= 11 is 0. The molecule has 2 saturated heterocycles. The van der Waals surface area contributed by atoms with Crippen LogP contribution in [0, 0.1) is 5.92 Å². The molecule has 7 heteroatoms. The lowest BCUT2D eigenvalue weighted by molar-refractivity contribution is -0.125. The van der Waals surface area contributed by atoms with Crippen LogP contribution in [0.25, 0.3) is 0 Å². The van der Waals surface area contributed by atoms with Crippen LogP contribution in [0.5, 0.6) is 0 Å². The van der Waals surface area contributed by atoms with E-state index in [4.69, 9.17) is 5.14 Å². The molecule has 3 atom stereocenters. The smallest absolute Gasteiger partial charge is 0.238 e. The number of nitrogens with zero attached hydrogens (tertiary/aromatic N) is 1. The van der Waals surface area contributed by atoms with Crippen LogP contribution in [0.3, 0.4) is 0 Å². The summed E-state index contributed by atoms with van der Waals surface area (Å²) in [7, 11) is -3.70. The largest absolute Gasteiger partial charge is 0.352 e. The Morgan fingerprint density at radius 1 is 1.11 bits per heavy atom. The van der Waals surface area contributed by atoms with Crippen LogP contribution in [0.2, 0.25) is 0 Å². The summed E-state index contributed by atoms with van der Waals surface area (Å²) in [5.74, 6) is 0.0576. The maximum Gasteiger partial charge on any atom is 0.238 e. The number of benzene rings is 2. The molecule has 2 unspecified atom stereocenters. The van der Waals surface area contributed by atoms with Crippen molar-refractivity contribution in [2.75, 3.05) is 6.54 Å². The molecule has 2 heterocycles. The number of nitrogens with one attached hydrogen (secondary N) is 1.